The molecule has 0 saturated carbocycles. The number of ether oxygens (including phenoxy) is 1. The summed E-state index contributed by atoms with van der Waals surface area (Å²) in [4.78, 5) is 31.6. The molecular weight excluding hydrogens is 532 g/mol. The van der Waals surface area contributed by atoms with Crippen molar-refractivity contribution in [3.8, 4) is 5.75 Å². The number of anilines is 1. The van der Waals surface area contributed by atoms with Crippen LogP contribution in [0.1, 0.15) is 29.0 Å². The first kappa shape index (κ1) is 28.2. The number of urea groups is 1. The molecule has 206 valence electrons. The van der Waals surface area contributed by atoms with Gasteiger partial charge in [0.1, 0.15) is 12.4 Å². The fraction of sp³-hybridized carbons (Fsp3) is 0.172. The van der Waals surface area contributed by atoms with Crippen molar-refractivity contribution in [3.05, 3.63) is 114 Å². The number of pyridine rings is 2. The zero-order valence-corrected chi connectivity index (χ0v) is 22.3. The van der Waals surface area contributed by atoms with Crippen LogP contribution in [-0.4, -0.2) is 41.2 Å². The maximum absolute atomic E-state index is 13.0. The maximum atomic E-state index is 13.0. The summed E-state index contributed by atoms with van der Waals surface area (Å²) in [6.07, 6.45) is 6.05. The summed E-state index contributed by atoms with van der Waals surface area (Å²) < 4.78 is 31.9. The van der Waals surface area contributed by atoms with Crippen LogP contribution in [0.3, 0.4) is 0 Å². The van der Waals surface area contributed by atoms with E-state index in [1.807, 2.05) is 12.1 Å². The zero-order valence-electron chi connectivity index (χ0n) is 21.4. The van der Waals surface area contributed by atoms with Gasteiger partial charge in [-0.25, -0.2) is 13.2 Å². The Morgan fingerprint density at radius 3 is 2.30 bits per heavy atom. The molecule has 0 aliphatic heterocycles. The fourth-order valence-corrected chi connectivity index (χ4v) is 5.55. The van der Waals surface area contributed by atoms with Crippen LogP contribution in [0.25, 0.3) is 0 Å². The van der Waals surface area contributed by atoms with Crippen LogP contribution < -0.4 is 15.4 Å². The molecule has 0 bridgehead atoms. The third kappa shape index (κ3) is 8.37. The van der Waals surface area contributed by atoms with Gasteiger partial charge in [0.05, 0.1) is 17.1 Å². The highest BCUT2D eigenvalue weighted by Gasteiger charge is 2.25. The van der Waals surface area contributed by atoms with Gasteiger partial charge in [-0.05, 0) is 65.2 Å². The van der Waals surface area contributed by atoms with Crippen molar-refractivity contribution >= 4 is 27.5 Å². The molecule has 1 atom stereocenters. The Bertz CT molecular complexity index is 1530. The number of hydrogen-bond acceptors (Lipinski definition) is 7. The average molecular weight is 561 g/mol. The number of aromatic nitrogens is 2. The van der Waals surface area contributed by atoms with E-state index >= 15 is 0 Å². The molecule has 2 aromatic carbocycles. The van der Waals surface area contributed by atoms with Crippen LogP contribution in [-0.2, 0) is 27.8 Å². The topological polar surface area (TPSA) is 148 Å². The lowest BCUT2D eigenvalue weighted by atomic mass is 10.00. The van der Waals surface area contributed by atoms with Gasteiger partial charge in [-0.15, -0.1) is 0 Å². The minimum absolute atomic E-state index is 0.0719. The fourth-order valence-electron chi connectivity index (χ4n) is 3.97. The predicted molar refractivity (Wildman–Crippen MR) is 149 cm³/mol. The molecule has 40 heavy (non-hydrogen) atoms. The van der Waals surface area contributed by atoms with E-state index in [0.717, 1.165) is 11.1 Å². The number of carbonyl (C=O) groups excluding carboxylic acids is 1. The smallest absolute Gasteiger partial charge is 0.319 e. The van der Waals surface area contributed by atoms with Crippen molar-refractivity contribution in [2.45, 2.75) is 30.4 Å². The van der Waals surface area contributed by atoms with Gasteiger partial charge in [-0.3, -0.25) is 14.8 Å². The lowest BCUT2D eigenvalue weighted by Gasteiger charge is -2.15. The van der Waals surface area contributed by atoms with Gasteiger partial charge in [-0.1, -0.05) is 24.3 Å². The maximum Gasteiger partial charge on any atom is 0.319 e. The third-order valence-corrected chi connectivity index (χ3v) is 7.78. The monoisotopic (exact) mass is 560 g/mol. The standard InChI is InChI=1S/C29H28N4O6S/c34-28(35)15-24(23-6-3-13-31-18-23)20-40(37,38)27-10-8-26(9-11-27)39-19-21-4-1-7-25(14-21)33-29(36)32-17-22-5-2-12-30-16-22/h1-14,16,18,24H,15,17,19-20H2,(H,34,35)(H2,32,33,36). The highest BCUT2D eigenvalue weighted by Crippen LogP contribution is 2.26. The number of rotatable bonds is 12. The Balaban J connectivity index is 1.33. The average Bonchev–Trinajstić information content (AvgIpc) is 2.96. The Labute approximate surface area is 232 Å². The molecule has 1 unspecified atom stereocenters. The molecule has 2 aromatic heterocycles. The zero-order chi connectivity index (χ0) is 28.4. The number of carboxylic acid groups (broad SMARTS) is 1. The summed E-state index contributed by atoms with van der Waals surface area (Å²) in [5, 5.41) is 14.8. The number of amides is 2. The van der Waals surface area contributed by atoms with Crippen molar-refractivity contribution in [2.24, 2.45) is 0 Å². The lowest BCUT2D eigenvalue weighted by molar-refractivity contribution is -0.137. The molecule has 4 aromatic rings. The lowest BCUT2D eigenvalue weighted by Crippen LogP contribution is -2.28. The van der Waals surface area contributed by atoms with Gasteiger partial charge in [0, 0.05) is 42.9 Å². The predicted octanol–water partition coefficient (Wildman–Crippen LogP) is 4.41. The Hall–Kier alpha value is -4.77. The summed E-state index contributed by atoms with van der Waals surface area (Å²) in [6.45, 7) is 0.540. The van der Waals surface area contributed by atoms with Crippen molar-refractivity contribution < 1.29 is 27.9 Å². The second-order valence-electron chi connectivity index (χ2n) is 8.99. The Morgan fingerprint density at radius 1 is 0.900 bits per heavy atom. The first-order chi connectivity index (χ1) is 19.3. The van der Waals surface area contributed by atoms with E-state index < -0.39 is 21.7 Å². The minimum atomic E-state index is -3.77. The number of hydrogen-bond donors (Lipinski definition) is 3. The van der Waals surface area contributed by atoms with E-state index in [1.165, 1.54) is 18.3 Å². The largest absolute Gasteiger partial charge is 0.489 e. The van der Waals surface area contributed by atoms with Crippen LogP contribution in [0.2, 0.25) is 0 Å². The summed E-state index contributed by atoms with van der Waals surface area (Å²) >= 11 is 0. The van der Waals surface area contributed by atoms with Crippen molar-refractivity contribution in [2.75, 3.05) is 11.1 Å². The number of nitrogens with zero attached hydrogens (tertiary/aromatic N) is 2. The minimum Gasteiger partial charge on any atom is -0.489 e. The van der Waals surface area contributed by atoms with Crippen LogP contribution in [0.5, 0.6) is 5.75 Å². The van der Waals surface area contributed by atoms with E-state index in [-0.39, 0.29) is 29.7 Å². The first-order valence-corrected chi connectivity index (χ1v) is 14.0. The molecule has 0 saturated heterocycles. The van der Waals surface area contributed by atoms with Gasteiger partial charge >= 0.3 is 12.0 Å². The summed E-state index contributed by atoms with van der Waals surface area (Å²) in [5.41, 5.74) is 2.83. The number of sulfone groups is 1. The molecule has 0 fully saturated rings. The number of aliphatic carboxylic acids is 1. The number of carbonyl (C=O) groups is 2. The van der Waals surface area contributed by atoms with Gasteiger partial charge in [0.2, 0.25) is 0 Å². The molecule has 2 heterocycles. The Kier molecular flexibility index (Phi) is 9.42. The summed E-state index contributed by atoms with van der Waals surface area (Å²) in [5.74, 6) is -1.72. The molecule has 10 nitrogen and oxygen atoms in total. The second kappa shape index (κ2) is 13.3. The van der Waals surface area contributed by atoms with Gasteiger partial charge in [0.25, 0.3) is 0 Å². The van der Waals surface area contributed by atoms with Crippen LogP contribution in [0, 0.1) is 0 Å². The number of carboxylic acids is 1. The van der Waals surface area contributed by atoms with E-state index in [2.05, 4.69) is 20.6 Å². The van der Waals surface area contributed by atoms with Crippen LogP contribution in [0.4, 0.5) is 10.5 Å². The SMILES string of the molecule is O=C(O)CC(CS(=O)(=O)c1ccc(OCc2cccc(NC(=O)NCc3cccnc3)c2)cc1)c1cccnc1. The van der Waals surface area contributed by atoms with Crippen molar-refractivity contribution in [3.63, 3.8) is 0 Å². The van der Waals surface area contributed by atoms with Gasteiger partial charge < -0.3 is 20.5 Å². The molecule has 3 N–H and O–H groups in total. The molecule has 0 spiro atoms. The highest BCUT2D eigenvalue weighted by atomic mass is 32.2. The Morgan fingerprint density at radius 2 is 1.62 bits per heavy atom. The molecule has 4 rings (SSSR count). The summed E-state index contributed by atoms with van der Waals surface area (Å²) in [7, 11) is -3.77. The van der Waals surface area contributed by atoms with Crippen molar-refractivity contribution in [1.82, 2.24) is 15.3 Å². The molecule has 0 aliphatic rings. The number of benzene rings is 2. The highest BCUT2D eigenvalue weighted by molar-refractivity contribution is 7.91. The van der Waals surface area contributed by atoms with Crippen LogP contribution >= 0.6 is 0 Å². The van der Waals surface area contributed by atoms with E-state index in [0.29, 0.717) is 23.5 Å². The first-order valence-electron chi connectivity index (χ1n) is 12.4. The van der Waals surface area contributed by atoms with E-state index in [1.54, 1.807) is 67.1 Å². The van der Waals surface area contributed by atoms with Gasteiger partial charge in [0.15, 0.2) is 9.84 Å². The van der Waals surface area contributed by atoms with Crippen LogP contribution in [0.15, 0.2) is 102 Å². The quantitative estimate of drug-likeness (QED) is 0.231. The molecule has 0 radical (unpaired) electrons. The molecular formula is C29H28N4O6S. The van der Waals surface area contributed by atoms with E-state index in [9.17, 15) is 23.1 Å². The molecule has 2 amide bonds. The second-order valence-corrected chi connectivity index (χ2v) is 11.0. The summed E-state index contributed by atoms with van der Waals surface area (Å²) in [6, 6.07) is 19.8. The van der Waals surface area contributed by atoms with E-state index in [4.69, 9.17) is 4.74 Å². The van der Waals surface area contributed by atoms with Crippen molar-refractivity contribution in [1.29, 1.82) is 0 Å². The third-order valence-electron chi connectivity index (χ3n) is 5.95. The molecule has 0 aliphatic carbocycles. The molecule has 11 heteroatoms. The number of nitrogens with one attached hydrogen (secondary N) is 2. The normalized spacial score (nSPS) is 11.8. The van der Waals surface area contributed by atoms with Gasteiger partial charge in [-0.2, -0.15) is 0 Å².